The zero-order valence-corrected chi connectivity index (χ0v) is 33.8. The Bertz CT molecular complexity index is 2150. The molecule has 0 bridgehead atoms. The number of carbonyl (C=O) groups excluding carboxylic acids is 2. The van der Waals surface area contributed by atoms with Crippen LogP contribution < -0.4 is 20.1 Å². The first-order valence-corrected chi connectivity index (χ1v) is 21.8. The molecule has 3 heterocycles. The molecule has 1 atom stereocenters. The van der Waals surface area contributed by atoms with Gasteiger partial charge >= 0.3 is 5.97 Å². The topological polar surface area (TPSA) is 174 Å². The summed E-state index contributed by atoms with van der Waals surface area (Å²) >= 11 is 15.7. The molecule has 2 aromatic carbocycles. The number of halogens is 2. The number of thiazole rings is 2. The highest BCUT2D eigenvalue weighted by molar-refractivity contribution is 7.90. The Morgan fingerprint density at radius 1 is 0.944 bits per heavy atom. The lowest BCUT2D eigenvalue weighted by Crippen LogP contribution is -2.49. The molecule has 3 N–H and O–H groups in total. The third kappa shape index (κ3) is 11.2. The molecule has 286 valence electrons. The van der Waals surface area contributed by atoms with Crippen molar-refractivity contribution >= 4 is 95.1 Å². The number of amides is 2. The number of sulfone groups is 1. The molecule has 1 saturated carbocycles. The van der Waals surface area contributed by atoms with E-state index in [1.165, 1.54) is 52.1 Å². The number of carbonyl (C=O) groups is 3. The van der Waals surface area contributed by atoms with Gasteiger partial charge in [-0.25, -0.2) is 23.2 Å². The smallest absolute Gasteiger partial charge is 0.355 e. The van der Waals surface area contributed by atoms with Gasteiger partial charge in [0.05, 0.1) is 11.1 Å². The first-order chi connectivity index (χ1) is 25.6. The molecule has 1 aliphatic rings. The number of aromatic carboxylic acids is 1. The van der Waals surface area contributed by atoms with Crippen molar-refractivity contribution in [1.82, 2.24) is 9.97 Å². The second-order valence-electron chi connectivity index (χ2n) is 12.5. The van der Waals surface area contributed by atoms with Crippen molar-refractivity contribution in [3.8, 4) is 11.5 Å². The van der Waals surface area contributed by atoms with Crippen molar-refractivity contribution in [2.75, 3.05) is 16.9 Å². The first kappa shape index (κ1) is 41.1. The molecule has 0 spiro atoms. The fourth-order valence-corrected chi connectivity index (χ4v) is 8.40. The molecule has 1 fully saturated rings. The first-order valence-electron chi connectivity index (χ1n) is 16.5. The zero-order valence-electron chi connectivity index (χ0n) is 29.0. The molecular formula is C36H36Cl2N4O8S4. The van der Waals surface area contributed by atoms with Crippen LogP contribution in [0.1, 0.15) is 60.8 Å². The molecule has 6 rings (SSSR count). The number of anilines is 2. The summed E-state index contributed by atoms with van der Waals surface area (Å²) in [6, 6.07) is 17.0. The average Bonchev–Trinajstić information content (AvgIpc) is 3.92. The number of aryl methyl sites for hydroxylation is 1. The second kappa shape index (κ2) is 18.0. The summed E-state index contributed by atoms with van der Waals surface area (Å²) in [5, 5.41) is 19.1. The van der Waals surface area contributed by atoms with Crippen molar-refractivity contribution < 1.29 is 37.4 Å². The summed E-state index contributed by atoms with van der Waals surface area (Å²) in [5.74, 6) is -0.836. The number of hydrogen-bond donors (Lipinski definition) is 3. The number of carboxylic acids is 1. The quantitative estimate of drug-likeness (QED) is 0.104. The summed E-state index contributed by atoms with van der Waals surface area (Å²) in [4.78, 5) is 46.2. The van der Waals surface area contributed by atoms with Crippen LogP contribution in [0.5, 0.6) is 11.5 Å². The van der Waals surface area contributed by atoms with E-state index in [0.717, 1.165) is 43.3 Å². The van der Waals surface area contributed by atoms with Gasteiger partial charge in [0, 0.05) is 28.0 Å². The molecule has 5 aromatic rings. The van der Waals surface area contributed by atoms with Crippen molar-refractivity contribution in [1.29, 1.82) is 0 Å². The maximum absolute atomic E-state index is 13.0. The van der Waals surface area contributed by atoms with E-state index in [1.54, 1.807) is 42.5 Å². The Kier molecular flexibility index (Phi) is 13.7. The third-order valence-corrected chi connectivity index (χ3v) is 12.5. The van der Waals surface area contributed by atoms with Gasteiger partial charge < -0.3 is 14.6 Å². The van der Waals surface area contributed by atoms with Crippen LogP contribution in [-0.4, -0.2) is 58.7 Å². The van der Waals surface area contributed by atoms with E-state index in [9.17, 15) is 22.8 Å². The maximum Gasteiger partial charge on any atom is 0.355 e. The van der Waals surface area contributed by atoms with Gasteiger partial charge in [-0.05, 0) is 99.0 Å². The van der Waals surface area contributed by atoms with Crippen molar-refractivity contribution in [3.63, 3.8) is 0 Å². The predicted molar refractivity (Wildman–Crippen MR) is 213 cm³/mol. The monoisotopic (exact) mass is 850 g/mol. The number of aromatic nitrogens is 2. The van der Waals surface area contributed by atoms with Crippen LogP contribution in [0.15, 0.2) is 82.5 Å². The molecule has 54 heavy (non-hydrogen) atoms. The van der Waals surface area contributed by atoms with Crippen LogP contribution in [0.3, 0.4) is 0 Å². The third-order valence-electron chi connectivity index (χ3n) is 8.35. The summed E-state index contributed by atoms with van der Waals surface area (Å²) < 4.78 is 35.9. The van der Waals surface area contributed by atoms with Crippen LogP contribution in [0, 0.1) is 0 Å². The molecule has 18 heteroatoms. The van der Waals surface area contributed by atoms with Gasteiger partial charge in [-0.3, -0.25) is 20.2 Å². The minimum Gasteiger partial charge on any atom is -0.478 e. The number of ether oxygens (including phenoxy) is 2. The number of benzene rings is 2. The van der Waals surface area contributed by atoms with Crippen molar-refractivity contribution in [3.05, 3.63) is 97.6 Å². The molecule has 0 saturated heterocycles. The highest BCUT2D eigenvalue weighted by Gasteiger charge is 2.42. The van der Waals surface area contributed by atoms with Crippen LogP contribution in [0.25, 0.3) is 0 Å². The largest absolute Gasteiger partial charge is 0.478 e. The lowest BCUT2D eigenvalue weighted by molar-refractivity contribution is -0.134. The molecule has 0 radical (unpaired) electrons. The van der Waals surface area contributed by atoms with Gasteiger partial charge in [0.1, 0.15) is 15.8 Å². The van der Waals surface area contributed by atoms with Gasteiger partial charge in [-0.1, -0.05) is 47.0 Å². The summed E-state index contributed by atoms with van der Waals surface area (Å²) in [6.45, 7) is 1.78. The lowest BCUT2D eigenvalue weighted by Gasteiger charge is -2.35. The number of nitrogens with one attached hydrogen (secondary N) is 2. The molecule has 3 aromatic heterocycles. The Hall–Kier alpha value is -4.06. The van der Waals surface area contributed by atoms with E-state index in [1.807, 2.05) is 17.5 Å². The Morgan fingerprint density at radius 3 is 2.20 bits per heavy atom. The van der Waals surface area contributed by atoms with E-state index >= 15 is 0 Å². The predicted octanol–water partition coefficient (Wildman–Crippen LogP) is 8.89. The number of thiophene rings is 1. The lowest BCUT2D eigenvalue weighted by atomic mass is 9.83. The van der Waals surface area contributed by atoms with E-state index in [2.05, 4.69) is 20.6 Å². The van der Waals surface area contributed by atoms with Crippen LogP contribution in [-0.2, 0) is 25.8 Å². The van der Waals surface area contributed by atoms with Gasteiger partial charge in [0.15, 0.2) is 37.0 Å². The summed E-state index contributed by atoms with van der Waals surface area (Å²) in [6.07, 6.45) is 7.50. The molecular weight excluding hydrogens is 816 g/mol. The minimum absolute atomic E-state index is 0.129. The van der Waals surface area contributed by atoms with E-state index in [0.29, 0.717) is 45.3 Å². The Morgan fingerprint density at radius 2 is 1.63 bits per heavy atom. The maximum atomic E-state index is 13.0. The minimum atomic E-state index is -3.32. The van der Waals surface area contributed by atoms with Crippen molar-refractivity contribution in [2.45, 2.75) is 68.0 Å². The highest BCUT2D eigenvalue weighted by Crippen LogP contribution is 2.35. The van der Waals surface area contributed by atoms with Crippen LogP contribution in [0.4, 0.5) is 10.3 Å². The van der Waals surface area contributed by atoms with Crippen molar-refractivity contribution in [2.24, 2.45) is 0 Å². The normalized spacial score (nSPS) is 14.8. The van der Waals surface area contributed by atoms with Gasteiger partial charge in [0.2, 0.25) is 0 Å². The van der Waals surface area contributed by atoms with Gasteiger partial charge in [-0.2, -0.15) is 0 Å². The standard InChI is InChI=1S/C18H16Cl2N2O2S2.C18H20N2O6S2/c1-18(9-8-14-3-2-10-25-14,24-13-6-4-12(19)5-7-13)16(23)22-17-21-11-15(20)26-17;1-28(24,25)13-7-5-12(6-8-13)26-18(9-3-2-4-10-18)16(23)20-17-19-14(11-27-17)15(21)22/h2-7,10-11H,8-9H2,1H3,(H,21,22,23);5-8,11H,2-4,9-10H2,1H3,(H,21,22)(H,19,20,23). The SMILES string of the molecule is CC(CCc1cccs1)(Oc1ccc(Cl)cc1)C(=O)Nc1ncc(Cl)s1.CS(=O)(=O)c1ccc(OC2(C(=O)Nc3nc(C(=O)O)cs3)CCCCC2)cc1. The van der Waals surface area contributed by atoms with Gasteiger partial charge in [0.25, 0.3) is 11.8 Å². The van der Waals surface area contributed by atoms with Gasteiger partial charge in [-0.15, -0.1) is 22.7 Å². The average molecular weight is 852 g/mol. The number of hydrogen-bond acceptors (Lipinski definition) is 12. The second-order valence-corrected chi connectivity index (χ2v) is 18.5. The summed E-state index contributed by atoms with van der Waals surface area (Å²) in [7, 11) is -3.32. The highest BCUT2D eigenvalue weighted by atomic mass is 35.5. The fourth-order valence-electron chi connectivity index (χ4n) is 5.45. The molecule has 0 aliphatic heterocycles. The molecule has 12 nitrogen and oxygen atoms in total. The zero-order chi connectivity index (χ0) is 38.9. The van der Waals surface area contributed by atoms with E-state index in [4.69, 9.17) is 37.8 Å². The number of carboxylic acid groups (broad SMARTS) is 1. The fraction of sp³-hybridized carbons (Fsp3) is 0.306. The Balaban J connectivity index is 0.000000208. The molecule has 1 unspecified atom stereocenters. The molecule has 2 amide bonds. The molecule has 1 aliphatic carbocycles. The number of rotatable bonds is 13. The Labute approximate surface area is 334 Å². The van der Waals surface area contributed by atoms with E-state index in [-0.39, 0.29) is 27.5 Å². The van der Waals surface area contributed by atoms with Crippen LogP contribution >= 0.6 is 57.2 Å². The number of nitrogens with zero attached hydrogens (tertiary/aromatic N) is 2. The van der Waals surface area contributed by atoms with E-state index < -0.39 is 27.0 Å². The summed E-state index contributed by atoms with van der Waals surface area (Å²) in [5.41, 5.74) is -2.31. The van der Waals surface area contributed by atoms with Crippen LogP contribution in [0.2, 0.25) is 9.36 Å².